The van der Waals surface area contributed by atoms with Crippen molar-refractivity contribution < 1.29 is 4.79 Å². The van der Waals surface area contributed by atoms with Gasteiger partial charge in [-0.25, -0.2) is 0 Å². The summed E-state index contributed by atoms with van der Waals surface area (Å²) in [6.45, 7) is 5.99. The van der Waals surface area contributed by atoms with Crippen molar-refractivity contribution in [1.29, 1.82) is 0 Å². The number of nitrogens with one attached hydrogen (secondary N) is 1. The number of likely N-dealkylation sites (tertiary alicyclic amines) is 1. The smallest absolute Gasteiger partial charge is 0.274 e. The molecule has 1 aromatic rings. The molecule has 2 aliphatic rings. The molecular formula is C12H19N5O. The van der Waals surface area contributed by atoms with Gasteiger partial charge in [-0.3, -0.25) is 14.4 Å². The Labute approximate surface area is 107 Å². The van der Waals surface area contributed by atoms with E-state index in [2.05, 4.69) is 15.3 Å². The number of carbonyl (C=O) groups excluding carboxylic acids is 1. The van der Waals surface area contributed by atoms with E-state index in [1.165, 1.54) is 0 Å². The molecule has 2 aliphatic heterocycles. The maximum Gasteiger partial charge on any atom is 0.274 e. The number of aryl methyl sites for hydroxylation is 1. The lowest BCUT2D eigenvalue weighted by Gasteiger charge is -2.46. The van der Waals surface area contributed by atoms with Crippen molar-refractivity contribution in [2.75, 3.05) is 39.3 Å². The predicted molar refractivity (Wildman–Crippen MR) is 67.3 cm³/mol. The van der Waals surface area contributed by atoms with Crippen LogP contribution in [-0.4, -0.2) is 70.8 Å². The van der Waals surface area contributed by atoms with Crippen LogP contribution < -0.4 is 5.32 Å². The van der Waals surface area contributed by atoms with E-state index in [-0.39, 0.29) is 5.91 Å². The summed E-state index contributed by atoms with van der Waals surface area (Å²) in [6, 6.07) is 2.32. The monoisotopic (exact) mass is 249 g/mol. The van der Waals surface area contributed by atoms with Gasteiger partial charge in [-0.2, -0.15) is 5.10 Å². The highest BCUT2D eigenvalue weighted by molar-refractivity contribution is 5.92. The van der Waals surface area contributed by atoms with Gasteiger partial charge in [0.05, 0.1) is 0 Å². The summed E-state index contributed by atoms with van der Waals surface area (Å²) in [5, 5.41) is 7.50. The number of hydrogen-bond acceptors (Lipinski definition) is 4. The fourth-order valence-corrected chi connectivity index (χ4v) is 2.59. The molecule has 0 unspecified atom stereocenters. The van der Waals surface area contributed by atoms with E-state index in [0.29, 0.717) is 11.7 Å². The summed E-state index contributed by atoms with van der Waals surface area (Å²) < 4.78 is 1.67. The zero-order chi connectivity index (χ0) is 12.5. The van der Waals surface area contributed by atoms with Crippen molar-refractivity contribution in [1.82, 2.24) is 24.9 Å². The molecule has 6 heteroatoms. The first-order chi connectivity index (χ1) is 8.74. The van der Waals surface area contributed by atoms with Crippen LogP contribution in [0.5, 0.6) is 0 Å². The minimum atomic E-state index is 0.0574. The molecule has 6 nitrogen and oxygen atoms in total. The number of amides is 1. The quantitative estimate of drug-likeness (QED) is 0.742. The highest BCUT2D eigenvalue weighted by atomic mass is 16.2. The highest BCUT2D eigenvalue weighted by Crippen LogP contribution is 2.17. The minimum Gasteiger partial charge on any atom is -0.334 e. The van der Waals surface area contributed by atoms with Gasteiger partial charge in [0.15, 0.2) is 0 Å². The molecule has 2 saturated heterocycles. The van der Waals surface area contributed by atoms with Gasteiger partial charge in [0.1, 0.15) is 5.69 Å². The lowest BCUT2D eigenvalue weighted by atomic mass is 10.1. The van der Waals surface area contributed by atoms with Crippen molar-refractivity contribution in [2.45, 2.75) is 6.04 Å². The Balaban J connectivity index is 1.53. The average Bonchev–Trinajstić information content (AvgIpc) is 2.75. The third-order valence-corrected chi connectivity index (χ3v) is 3.75. The maximum atomic E-state index is 12.1. The second-order valence-corrected chi connectivity index (χ2v) is 5.02. The van der Waals surface area contributed by atoms with E-state index in [0.717, 1.165) is 39.3 Å². The van der Waals surface area contributed by atoms with Crippen LogP contribution in [0.1, 0.15) is 10.5 Å². The van der Waals surface area contributed by atoms with Crippen molar-refractivity contribution in [3.05, 3.63) is 18.0 Å². The van der Waals surface area contributed by atoms with Crippen LogP contribution >= 0.6 is 0 Å². The molecule has 3 rings (SSSR count). The van der Waals surface area contributed by atoms with Crippen molar-refractivity contribution in [3.63, 3.8) is 0 Å². The van der Waals surface area contributed by atoms with Crippen molar-refractivity contribution in [3.8, 4) is 0 Å². The Bertz CT molecular complexity index is 431. The summed E-state index contributed by atoms with van der Waals surface area (Å²) >= 11 is 0. The fourth-order valence-electron chi connectivity index (χ4n) is 2.59. The lowest BCUT2D eigenvalue weighted by Crippen LogP contribution is -2.63. The first-order valence-corrected chi connectivity index (χ1v) is 6.48. The number of aromatic nitrogens is 2. The summed E-state index contributed by atoms with van der Waals surface area (Å²) in [4.78, 5) is 16.4. The van der Waals surface area contributed by atoms with E-state index < -0.39 is 0 Å². The van der Waals surface area contributed by atoms with Crippen LogP contribution in [0, 0.1) is 0 Å². The predicted octanol–water partition coefficient (Wildman–Crippen LogP) is -0.850. The standard InChI is InChI=1S/C12H19N5O/c1-15-5-2-11(14-15)12(18)17-8-10(9-17)16-6-3-13-4-7-16/h2,5,10,13H,3-4,6-9H2,1H3. The van der Waals surface area contributed by atoms with Crippen LogP contribution in [0.4, 0.5) is 0 Å². The Morgan fingerprint density at radius 1 is 1.39 bits per heavy atom. The molecule has 1 amide bonds. The van der Waals surface area contributed by atoms with Crippen LogP contribution in [0.3, 0.4) is 0 Å². The summed E-state index contributed by atoms with van der Waals surface area (Å²) in [5.41, 5.74) is 0.552. The van der Waals surface area contributed by atoms with Gasteiger partial charge in [0, 0.05) is 58.6 Å². The second-order valence-electron chi connectivity index (χ2n) is 5.02. The van der Waals surface area contributed by atoms with E-state index in [9.17, 15) is 4.79 Å². The van der Waals surface area contributed by atoms with Gasteiger partial charge in [-0.15, -0.1) is 0 Å². The number of nitrogens with zero attached hydrogens (tertiary/aromatic N) is 4. The van der Waals surface area contributed by atoms with Gasteiger partial charge >= 0.3 is 0 Å². The highest BCUT2D eigenvalue weighted by Gasteiger charge is 2.36. The first kappa shape index (κ1) is 11.7. The number of hydrogen-bond donors (Lipinski definition) is 1. The van der Waals surface area contributed by atoms with Gasteiger partial charge in [-0.1, -0.05) is 0 Å². The van der Waals surface area contributed by atoms with Crippen LogP contribution in [-0.2, 0) is 7.05 Å². The third-order valence-electron chi connectivity index (χ3n) is 3.75. The topological polar surface area (TPSA) is 53.4 Å². The summed E-state index contributed by atoms with van der Waals surface area (Å²) in [6.07, 6.45) is 1.81. The van der Waals surface area contributed by atoms with E-state index in [1.54, 1.807) is 16.9 Å². The van der Waals surface area contributed by atoms with E-state index in [4.69, 9.17) is 0 Å². The molecule has 0 spiro atoms. The van der Waals surface area contributed by atoms with E-state index >= 15 is 0 Å². The van der Waals surface area contributed by atoms with E-state index in [1.807, 2.05) is 11.9 Å². The normalized spacial score (nSPS) is 21.9. The Morgan fingerprint density at radius 2 is 2.11 bits per heavy atom. The fraction of sp³-hybridized carbons (Fsp3) is 0.667. The van der Waals surface area contributed by atoms with Crippen LogP contribution in [0.25, 0.3) is 0 Å². The molecular weight excluding hydrogens is 230 g/mol. The molecule has 0 radical (unpaired) electrons. The second kappa shape index (κ2) is 4.70. The molecule has 2 fully saturated rings. The summed E-state index contributed by atoms with van der Waals surface area (Å²) in [5.74, 6) is 0.0574. The molecule has 0 aromatic carbocycles. The molecule has 1 N–H and O–H groups in total. The van der Waals surface area contributed by atoms with Crippen LogP contribution in [0.15, 0.2) is 12.3 Å². The maximum absolute atomic E-state index is 12.1. The zero-order valence-corrected chi connectivity index (χ0v) is 10.7. The lowest BCUT2D eigenvalue weighted by molar-refractivity contribution is 0.0222. The number of carbonyl (C=O) groups is 1. The van der Waals surface area contributed by atoms with Gasteiger partial charge in [-0.05, 0) is 6.07 Å². The van der Waals surface area contributed by atoms with Gasteiger partial charge in [0.2, 0.25) is 0 Å². The molecule has 18 heavy (non-hydrogen) atoms. The van der Waals surface area contributed by atoms with Gasteiger partial charge in [0.25, 0.3) is 5.91 Å². The average molecular weight is 249 g/mol. The molecule has 3 heterocycles. The summed E-state index contributed by atoms with van der Waals surface area (Å²) in [7, 11) is 1.83. The minimum absolute atomic E-state index is 0.0574. The molecule has 1 aromatic heterocycles. The SMILES string of the molecule is Cn1ccc(C(=O)N2CC(N3CCNCC3)C2)n1. The van der Waals surface area contributed by atoms with Crippen molar-refractivity contribution in [2.24, 2.45) is 7.05 Å². The Kier molecular flexibility index (Phi) is 3.05. The molecule has 98 valence electrons. The molecule has 0 aliphatic carbocycles. The zero-order valence-electron chi connectivity index (χ0n) is 10.7. The van der Waals surface area contributed by atoms with Crippen molar-refractivity contribution >= 4 is 5.91 Å². The molecule has 0 atom stereocenters. The molecule has 0 bridgehead atoms. The number of rotatable bonds is 2. The van der Waals surface area contributed by atoms with Crippen LogP contribution in [0.2, 0.25) is 0 Å². The first-order valence-electron chi connectivity index (χ1n) is 6.48. The number of piperazine rings is 1. The largest absolute Gasteiger partial charge is 0.334 e. The van der Waals surface area contributed by atoms with Gasteiger partial charge < -0.3 is 10.2 Å². The molecule has 0 saturated carbocycles. The third kappa shape index (κ3) is 2.13. The Morgan fingerprint density at radius 3 is 2.72 bits per heavy atom. The Hall–Kier alpha value is -1.40.